The van der Waals surface area contributed by atoms with Gasteiger partial charge in [0.2, 0.25) is 0 Å². The van der Waals surface area contributed by atoms with Gasteiger partial charge in [-0.1, -0.05) is 0 Å². The third-order valence-corrected chi connectivity index (χ3v) is 32.3. The van der Waals surface area contributed by atoms with Crippen molar-refractivity contribution < 1.29 is 26.7 Å². The van der Waals surface area contributed by atoms with Gasteiger partial charge in [0, 0.05) is 13.2 Å². The number of carbonyl (C=O) groups is 1. The van der Waals surface area contributed by atoms with Gasteiger partial charge in [-0.15, -0.1) is 0 Å². The van der Waals surface area contributed by atoms with Crippen LogP contribution in [0.4, 0.5) is 0 Å². The number of nitrogens with one attached hydrogen (secondary N) is 1. The number of hydrogen-bond acceptors (Lipinski definition) is 2. The summed E-state index contributed by atoms with van der Waals surface area (Å²) in [6, 6.07) is 9.61. The van der Waals surface area contributed by atoms with Crippen LogP contribution in [0.1, 0.15) is 36.5 Å². The van der Waals surface area contributed by atoms with Gasteiger partial charge in [-0.05, 0) is 12.8 Å². The maximum absolute atomic E-state index is 12.5. The van der Waals surface area contributed by atoms with Crippen molar-refractivity contribution in [3.8, 4) is 0 Å². The van der Waals surface area contributed by atoms with E-state index in [4.69, 9.17) is 4.74 Å². The standard InChI is InChI=1S/C7H7NO.C6H7.C4H8O.CH3.Hf.2H3Si/c8-7(9)6-4-2-1-3-5-6;1-6-4-2-3-5-6;1-2-4-5-3-1;;;;/h1-5H,(H2,8,9);2,4H,3H2,1H3;1-4H2;1H3;;2*1H3/q;;;;+1;;/p-1. The molecular formula is C18H30HfNO2Si2. The molecule has 1 N–H and O–H groups in total. The van der Waals surface area contributed by atoms with Crippen LogP contribution in [0.15, 0.2) is 51.4 Å². The van der Waals surface area contributed by atoms with Crippen LogP contribution >= 0.6 is 0 Å². The molecule has 1 aromatic rings. The molecule has 0 aromatic heterocycles. The molecular weight excluding hydrogens is 497 g/mol. The Kier molecular flexibility index (Phi) is 6.76. The van der Waals surface area contributed by atoms with Crippen LogP contribution in [-0.2, 0) is 21.9 Å². The van der Waals surface area contributed by atoms with E-state index in [1.165, 1.54) is 18.4 Å². The van der Waals surface area contributed by atoms with Gasteiger partial charge >= 0.3 is 121 Å². The van der Waals surface area contributed by atoms with Crippen LogP contribution in [0.3, 0.4) is 0 Å². The van der Waals surface area contributed by atoms with E-state index in [9.17, 15) is 4.79 Å². The summed E-state index contributed by atoms with van der Waals surface area (Å²) in [6.45, 7) is 4.20. The van der Waals surface area contributed by atoms with E-state index < -0.39 is 17.1 Å². The van der Waals surface area contributed by atoms with Crippen molar-refractivity contribution >= 4 is 20.8 Å². The Morgan fingerprint density at radius 2 is 1.79 bits per heavy atom. The summed E-state index contributed by atoms with van der Waals surface area (Å²) in [7, 11) is 2.28. The zero-order chi connectivity index (χ0) is 17.7. The molecule has 3 nitrogen and oxygen atoms in total. The summed E-state index contributed by atoms with van der Waals surface area (Å²) in [5.41, 5.74) is 2.21. The monoisotopic (exact) mass is 528 g/mol. The van der Waals surface area contributed by atoms with E-state index in [-0.39, 0.29) is 5.91 Å². The molecule has 0 radical (unpaired) electrons. The SMILES string of the molecule is C1CCOC1.CC1=[C]([Hf]([CH3])([SiH3])([SiH3])[NH]C(=O)c2ccccc2)CC=C1. The van der Waals surface area contributed by atoms with Crippen LogP contribution in [0.2, 0.25) is 4.68 Å². The number of benzene rings is 1. The molecule has 24 heavy (non-hydrogen) atoms. The molecule has 1 fully saturated rings. The number of allylic oxidation sites excluding steroid dienone is 4. The van der Waals surface area contributed by atoms with Gasteiger partial charge in [-0.25, -0.2) is 0 Å². The van der Waals surface area contributed by atoms with Crippen molar-refractivity contribution in [2.45, 2.75) is 30.9 Å². The van der Waals surface area contributed by atoms with Crippen LogP contribution in [-0.4, -0.2) is 34.0 Å². The van der Waals surface area contributed by atoms with Crippen LogP contribution in [0.5, 0.6) is 0 Å². The molecule has 0 spiro atoms. The topological polar surface area (TPSA) is 38.3 Å². The molecule has 1 aliphatic carbocycles. The van der Waals surface area contributed by atoms with Crippen molar-refractivity contribution in [3.63, 3.8) is 0 Å². The van der Waals surface area contributed by atoms with E-state index >= 15 is 0 Å². The number of ether oxygens (including phenoxy) is 1. The quantitative estimate of drug-likeness (QED) is 0.609. The molecule has 6 heteroatoms. The maximum atomic E-state index is 12.5. The molecule has 0 bridgehead atoms. The van der Waals surface area contributed by atoms with Gasteiger partial charge in [0.1, 0.15) is 0 Å². The zero-order valence-electron chi connectivity index (χ0n) is 15.4. The summed E-state index contributed by atoms with van der Waals surface area (Å²) < 4.78 is 12.5. The molecule has 1 heterocycles. The normalized spacial score (nSPS) is 18.8. The molecule has 1 aliphatic heterocycles. The first-order chi connectivity index (χ1) is 11.3. The summed E-state index contributed by atoms with van der Waals surface area (Å²) in [6.07, 6.45) is 8.09. The van der Waals surface area contributed by atoms with Crippen molar-refractivity contribution in [1.29, 1.82) is 0 Å². The van der Waals surface area contributed by atoms with Crippen molar-refractivity contribution in [2.75, 3.05) is 13.2 Å². The van der Waals surface area contributed by atoms with Crippen LogP contribution in [0, 0.1) is 0 Å². The summed E-state index contributed by atoms with van der Waals surface area (Å²) >= 11 is -3.15. The second kappa shape index (κ2) is 8.21. The van der Waals surface area contributed by atoms with E-state index in [0.717, 1.165) is 40.1 Å². The Hall–Kier alpha value is -0.566. The van der Waals surface area contributed by atoms with E-state index in [2.05, 4.69) is 27.1 Å². The van der Waals surface area contributed by atoms with E-state index in [0.29, 0.717) is 0 Å². The molecule has 3 rings (SSSR count). The van der Waals surface area contributed by atoms with Crippen molar-refractivity contribution in [2.24, 2.45) is 0 Å². The zero-order valence-corrected chi connectivity index (χ0v) is 23.0. The number of hydrogen-bond donors (Lipinski definition) is 1. The second-order valence-electron chi connectivity index (χ2n) is 8.03. The Balaban J connectivity index is 0.000000355. The van der Waals surface area contributed by atoms with Crippen molar-refractivity contribution in [1.82, 2.24) is 3.30 Å². The molecule has 131 valence electrons. The van der Waals surface area contributed by atoms with Crippen LogP contribution < -0.4 is 3.30 Å². The van der Waals surface area contributed by atoms with Gasteiger partial charge in [0.25, 0.3) is 0 Å². The second-order valence-corrected chi connectivity index (χ2v) is 99.0. The van der Waals surface area contributed by atoms with Gasteiger partial charge in [0.15, 0.2) is 0 Å². The van der Waals surface area contributed by atoms with E-state index in [1.54, 1.807) is 3.33 Å². The number of amides is 1. The van der Waals surface area contributed by atoms with Crippen molar-refractivity contribution in [3.05, 3.63) is 57.0 Å². The molecule has 2 aliphatic rings. The first kappa shape index (κ1) is 19.8. The Morgan fingerprint density at radius 1 is 1.17 bits per heavy atom. The fourth-order valence-corrected chi connectivity index (χ4v) is 29.0. The average molecular weight is 527 g/mol. The van der Waals surface area contributed by atoms with Gasteiger partial charge < -0.3 is 4.74 Å². The Labute approximate surface area is 151 Å². The molecule has 1 amide bonds. The molecule has 0 unspecified atom stereocenters. The Morgan fingerprint density at radius 3 is 2.25 bits per heavy atom. The molecule has 1 saturated heterocycles. The van der Waals surface area contributed by atoms with E-state index in [1.807, 2.05) is 30.3 Å². The third-order valence-electron chi connectivity index (χ3n) is 4.64. The first-order valence-corrected chi connectivity index (χ1v) is 39.6. The summed E-state index contributed by atoms with van der Waals surface area (Å²) in [5, 5.41) is 0. The fourth-order valence-electron chi connectivity index (χ4n) is 3.31. The molecule has 0 saturated carbocycles. The third kappa shape index (κ3) is 5.47. The predicted octanol–water partition coefficient (Wildman–Crippen LogP) is 1.66. The van der Waals surface area contributed by atoms with Gasteiger partial charge in [-0.2, -0.15) is 0 Å². The molecule has 1 aromatic carbocycles. The number of carbonyl (C=O) groups excluding carboxylic acids is 1. The minimum atomic E-state index is -3.15. The Bertz CT molecular complexity index is 636. The van der Waals surface area contributed by atoms with Gasteiger partial charge in [0.05, 0.1) is 0 Å². The van der Waals surface area contributed by atoms with Gasteiger partial charge in [-0.3, -0.25) is 0 Å². The fraction of sp³-hybridized carbons (Fsp3) is 0.389. The average Bonchev–Trinajstić information content (AvgIpc) is 3.21. The summed E-state index contributed by atoms with van der Waals surface area (Å²) in [4.78, 5) is 12.5. The minimum absolute atomic E-state index is 0.135. The first-order valence-electron chi connectivity index (χ1n) is 8.83. The number of rotatable bonds is 3. The molecule has 0 atom stereocenters. The predicted molar refractivity (Wildman–Crippen MR) is 106 cm³/mol. The summed E-state index contributed by atoms with van der Waals surface area (Å²) in [5.74, 6) is 0.135. The van der Waals surface area contributed by atoms with Crippen LogP contribution in [0.25, 0.3) is 0 Å².